The highest BCUT2D eigenvalue weighted by Crippen LogP contribution is 2.34. The quantitative estimate of drug-likeness (QED) is 0.675. The number of aromatic nitrogens is 1. The fourth-order valence-corrected chi connectivity index (χ4v) is 3.08. The molecule has 7 heteroatoms. The highest BCUT2D eigenvalue weighted by molar-refractivity contribution is 6.42. The molecule has 2 heterocycles. The zero-order valence-electron chi connectivity index (χ0n) is 13.9. The van der Waals surface area contributed by atoms with E-state index in [1.165, 1.54) is 4.68 Å². The van der Waals surface area contributed by atoms with E-state index in [2.05, 4.69) is 11.2 Å². The Kier molecular flexibility index (Phi) is 4.38. The second kappa shape index (κ2) is 6.36. The molecule has 0 fully saturated rings. The Morgan fingerprint density at radius 1 is 1.48 bits per heavy atom. The Morgan fingerprint density at radius 3 is 2.88 bits per heavy atom. The van der Waals surface area contributed by atoms with Crippen molar-refractivity contribution in [3.8, 4) is 6.07 Å². The summed E-state index contributed by atoms with van der Waals surface area (Å²) in [5.41, 5.74) is 7.94. The third kappa shape index (κ3) is 3.16. The second-order valence-electron chi connectivity index (χ2n) is 6.42. The number of rotatable bonds is 3. The SMILES string of the molecule is CC1(C)Cc2c(C#N)c(N)n(/N=C/C(=O)c3ccccc3Cl)c2CO1. The zero-order valence-corrected chi connectivity index (χ0v) is 14.7. The van der Waals surface area contributed by atoms with E-state index >= 15 is 0 Å². The minimum Gasteiger partial charge on any atom is -0.383 e. The van der Waals surface area contributed by atoms with E-state index < -0.39 is 0 Å². The number of ketones is 1. The number of nitrogen functional groups attached to an aromatic ring is 1. The van der Waals surface area contributed by atoms with Crippen LogP contribution in [-0.2, 0) is 17.8 Å². The van der Waals surface area contributed by atoms with E-state index in [9.17, 15) is 10.1 Å². The van der Waals surface area contributed by atoms with Gasteiger partial charge >= 0.3 is 0 Å². The first-order valence-corrected chi connectivity index (χ1v) is 8.11. The van der Waals surface area contributed by atoms with Crippen molar-refractivity contribution in [3.05, 3.63) is 51.7 Å². The van der Waals surface area contributed by atoms with E-state index in [-0.39, 0.29) is 23.8 Å². The summed E-state index contributed by atoms with van der Waals surface area (Å²) < 4.78 is 7.19. The van der Waals surface area contributed by atoms with Gasteiger partial charge in [-0.2, -0.15) is 10.4 Å². The zero-order chi connectivity index (χ0) is 18.2. The number of hydrogen-bond donors (Lipinski definition) is 1. The number of halogens is 1. The van der Waals surface area contributed by atoms with E-state index in [0.29, 0.717) is 28.3 Å². The molecule has 3 rings (SSSR count). The molecule has 0 unspecified atom stereocenters. The van der Waals surface area contributed by atoms with Crippen molar-refractivity contribution in [1.29, 1.82) is 5.26 Å². The normalized spacial score (nSPS) is 15.8. The van der Waals surface area contributed by atoms with E-state index in [4.69, 9.17) is 22.1 Å². The summed E-state index contributed by atoms with van der Waals surface area (Å²) >= 11 is 6.03. The second-order valence-corrected chi connectivity index (χ2v) is 6.83. The standard InChI is InChI=1S/C18H17ClN4O2/c1-18(2)7-12-13(8-20)17(21)23(15(12)10-25-18)22-9-16(24)11-5-3-4-6-14(11)19/h3-6,9H,7,10,21H2,1-2H3/b22-9+. The first kappa shape index (κ1) is 17.2. The van der Waals surface area contributed by atoms with Crippen molar-refractivity contribution in [2.24, 2.45) is 5.10 Å². The average Bonchev–Trinajstić information content (AvgIpc) is 2.82. The number of hydrogen-bond acceptors (Lipinski definition) is 5. The summed E-state index contributed by atoms with van der Waals surface area (Å²) in [5, 5.41) is 14.0. The van der Waals surface area contributed by atoms with E-state index in [1.54, 1.807) is 24.3 Å². The maximum absolute atomic E-state index is 12.3. The van der Waals surface area contributed by atoms with Crippen LogP contribution in [0.3, 0.4) is 0 Å². The number of nitrogens with zero attached hydrogens (tertiary/aromatic N) is 3. The number of benzene rings is 1. The van der Waals surface area contributed by atoms with Crippen LogP contribution in [0.15, 0.2) is 29.4 Å². The van der Waals surface area contributed by atoms with Crippen molar-refractivity contribution < 1.29 is 9.53 Å². The van der Waals surface area contributed by atoms with Gasteiger partial charge in [0.2, 0.25) is 5.78 Å². The molecule has 0 spiro atoms. The molecule has 0 bridgehead atoms. The lowest BCUT2D eigenvalue weighted by Gasteiger charge is -2.30. The van der Waals surface area contributed by atoms with Gasteiger partial charge in [0.05, 0.1) is 34.7 Å². The van der Waals surface area contributed by atoms with Crippen LogP contribution in [0, 0.1) is 11.3 Å². The van der Waals surface area contributed by atoms with Crippen LogP contribution in [0.4, 0.5) is 5.82 Å². The van der Waals surface area contributed by atoms with Gasteiger partial charge in [-0.25, -0.2) is 4.68 Å². The van der Waals surface area contributed by atoms with E-state index in [1.807, 2.05) is 13.8 Å². The van der Waals surface area contributed by atoms with Gasteiger partial charge in [0.1, 0.15) is 11.9 Å². The molecule has 0 saturated heterocycles. The predicted octanol–water partition coefficient (Wildman–Crippen LogP) is 3.16. The third-order valence-electron chi connectivity index (χ3n) is 4.13. The van der Waals surface area contributed by atoms with Gasteiger partial charge in [0.25, 0.3) is 0 Å². The number of Topliss-reactive ketones (excluding diaryl/α,β-unsaturated/α-hetero) is 1. The molecular formula is C18H17ClN4O2. The molecule has 0 radical (unpaired) electrons. The molecule has 2 aromatic rings. The Hall–Kier alpha value is -2.62. The molecule has 1 aliphatic rings. The average molecular weight is 357 g/mol. The van der Waals surface area contributed by atoms with Crippen molar-refractivity contribution in [2.75, 3.05) is 5.73 Å². The number of carbonyl (C=O) groups excluding carboxylic acids is 1. The maximum Gasteiger partial charge on any atom is 0.207 e. The van der Waals surface area contributed by atoms with Crippen molar-refractivity contribution >= 4 is 29.4 Å². The van der Waals surface area contributed by atoms with Gasteiger partial charge in [-0.05, 0) is 26.0 Å². The van der Waals surface area contributed by atoms with Crippen LogP contribution in [0.25, 0.3) is 0 Å². The van der Waals surface area contributed by atoms with Crippen molar-refractivity contribution in [3.63, 3.8) is 0 Å². The van der Waals surface area contributed by atoms with Crippen LogP contribution < -0.4 is 5.73 Å². The van der Waals surface area contributed by atoms with Gasteiger partial charge in [-0.15, -0.1) is 0 Å². The van der Waals surface area contributed by atoms with Gasteiger partial charge in [-0.1, -0.05) is 23.7 Å². The lowest BCUT2D eigenvalue weighted by molar-refractivity contribution is -0.0427. The molecule has 6 nitrogen and oxygen atoms in total. The number of carbonyl (C=O) groups is 1. The van der Waals surface area contributed by atoms with Gasteiger partial charge in [0, 0.05) is 17.5 Å². The number of ether oxygens (including phenoxy) is 1. The molecular weight excluding hydrogens is 340 g/mol. The number of fused-ring (bicyclic) bond motifs is 1. The first-order valence-electron chi connectivity index (χ1n) is 7.73. The molecule has 0 amide bonds. The largest absolute Gasteiger partial charge is 0.383 e. The summed E-state index contributed by atoms with van der Waals surface area (Å²) in [6, 6.07) is 8.86. The summed E-state index contributed by atoms with van der Waals surface area (Å²) in [5.74, 6) is -0.139. The number of nitriles is 1. The summed E-state index contributed by atoms with van der Waals surface area (Å²) in [7, 11) is 0. The topological polar surface area (TPSA) is 93.4 Å². The summed E-state index contributed by atoms with van der Waals surface area (Å²) in [4.78, 5) is 12.3. The highest BCUT2D eigenvalue weighted by atomic mass is 35.5. The fraction of sp³-hybridized carbons (Fsp3) is 0.278. The summed E-state index contributed by atoms with van der Waals surface area (Å²) in [6.07, 6.45) is 1.70. The van der Waals surface area contributed by atoms with E-state index in [0.717, 1.165) is 11.8 Å². The molecule has 2 N–H and O–H groups in total. The minimum atomic E-state index is -0.381. The molecule has 25 heavy (non-hydrogen) atoms. The molecule has 1 aliphatic heterocycles. The van der Waals surface area contributed by atoms with Crippen LogP contribution in [0.2, 0.25) is 5.02 Å². The molecule has 1 aromatic heterocycles. The Morgan fingerprint density at radius 2 is 2.20 bits per heavy atom. The predicted molar refractivity (Wildman–Crippen MR) is 95.8 cm³/mol. The number of anilines is 1. The minimum absolute atomic E-state index is 0.206. The van der Waals surface area contributed by atoms with Gasteiger partial charge in [0.15, 0.2) is 0 Å². The molecule has 0 atom stereocenters. The lowest BCUT2D eigenvalue weighted by atomic mass is 9.93. The Bertz CT molecular complexity index is 922. The monoisotopic (exact) mass is 356 g/mol. The van der Waals surface area contributed by atoms with Crippen LogP contribution in [-0.4, -0.2) is 22.3 Å². The Labute approximate surface area is 150 Å². The van der Waals surface area contributed by atoms with Crippen LogP contribution in [0.1, 0.15) is 41.0 Å². The molecule has 0 aliphatic carbocycles. The van der Waals surface area contributed by atoms with Gasteiger partial charge < -0.3 is 10.5 Å². The van der Waals surface area contributed by atoms with Gasteiger partial charge in [-0.3, -0.25) is 4.79 Å². The van der Waals surface area contributed by atoms with Crippen LogP contribution >= 0.6 is 11.6 Å². The number of nitrogens with two attached hydrogens (primary N) is 1. The Balaban J connectivity index is 1.99. The lowest BCUT2D eigenvalue weighted by Crippen LogP contribution is -2.32. The van der Waals surface area contributed by atoms with Crippen molar-refractivity contribution in [2.45, 2.75) is 32.5 Å². The first-order chi connectivity index (χ1) is 11.8. The fourth-order valence-electron chi connectivity index (χ4n) is 2.85. The molecule has 128 valence electrons. The van der Waals surface area contributed by atoms with Crippen molar-refractivity contribution in [1.82, 2.24) is 4.68 Å². The molecule has 1 aromatic carbocycles. The maximum atomic E-state index is 12.3. The smallest absolute Gasteiger partial charge is 0.207 e. The third-order valence-corrected chi connectivity index (χ3v) is 4.46. The summed E-state index contributed by atoms with van der Waals surface area (Å²) in [6.45, 7) is 4.18. The highest BCUT2D eigenvalue weighted by Gasteiger charge is 2.33. The molecule has 0 saturated carbocycles. The van der Waals surface area contributed by atoms with Crippen LogP contribution in [0.5, 0.6) is 0 Å².